The molecule has 3 rings (SSSR count). The molecule has 1 saturated heterocycles. The molecule has 7 nitrogen and oxygen atoms in total. The molecule has 3 amide bonds. The van der Waals surface area contributed by atoms with E-state index in [9.17, 15) is 9.59 Å². The Labute approximate surface area is 158 Å². The molecule has 2 N–H and O–H groups in total. The molecule has 27 heavy (non-hydrogen) atoms. The molecule has 7 heteroatoms. The first-order valence-corrected chi connectivity index (χ1v) is 8.84. The van der Waals surface area contributed by atoms with Crippen molar-refractivity contribution in [1.82, 2.24) is 10.6 Å². The minimum absolute atomic E-state index is 0.238. The van der Waals surface area contributed by atoms with Crippen LogP contribution in [0.15, 0.2) is 48.5 Å². The lowest BCUT2D eigenvalue weighted by molar-refractivity contribution is 0.181. The normalized spacial score (nSPS) is 13.3. The molecule has 2 aromatic rings. The second kappa shape index (κ2) is 8.44. The van der Waals surface area contributed by atoms with Gasteiger partial charge in [0.25, 0.3) is 0 Å². The van der Waals surface area contributed by atoms with Crippen molar-refractivity contribution >= 4 is 23.5 Å². The highest BCUT2D eigenvalue weighted by molar-refractivity contribution is 5.89. The van der Waals surface area contributed by atoms with E-state index in [0.29, 0.717) is 26.2 Å². The highest BCUT2D eigenvalue weighted by Gasteiger charge is 2.23. The van der Waals surface area contributed by atoms with Gasteiger partial charge in [0.05, 0.1) is 6.54 Å². The van der Waals surface area contributed by atoms with Crippen molar-refractivity contribution in [2.75, 3.05) is 37.0 Å². The fourth-order valence-electron chi connectivity index (χ4n) is 2.80. The maximum atomic E-state index is 12.0. The predicted molar refractivity (Wildman–Crippen MR) is 105 cm³/mol. The maximum Gasteiger partial charge on any atom is 0.414 e. The van der Waals surface area contributed by atoms with Crippen molar-refractivity contribution in [3.8, 4) is 0 Å². The average Bonchev–Trinajstić information content (AvgIpc) is 3.11. The number of cyclic esters (lactones) is 1. The zero-order valence-electron chi connectivity index (χ0n) is 15.6. The van der Waals surface area contributed by atoms with Gasteiger partial charge in [0, 0.05) is 38.6 Å². The molecule has 0 aliphatic carbocycles. The highest BCUT2D eigenvalue weighted by Crippen LogP contribution is 2.20. The van der Waals surface area contributed by atoms with E-state index in [0.717, 1.165) is 22.5 Å². The van der Waals surface area contributed by atoms with E-state index in [4.69, 9.17) is 4.74 Å². The number of carbonyl (C=O) groups is 2. The summed E-state index contributed by atoms with van der Waals surface area (Å²) in [5.41, 5.74) is 3.84. The lowest BCUT2D eigenvalue weighted by Crippen LogP contribution is -2.34. The summed E-state index contributed by atoms with van der Waals surface area (Å²) >= 11 is 0. The Morgan fingerprint density at radius 1 is 1.07 bits per heavy atom. The van der Waals surface area contributed by atoms with Gasteiger partial charge in [-0.2, -0.15) is 0 Å². The second-order valence-corrected chi connectivity index (χ2v) is 6.53. The number of hydrogen-bond acceptors (Lipinski definition) is 4. The van der Waals surface area contributed by atoms with E-state index in [2.05, 4.69) is 10.6 Å². The van der Waals surface area contributed by atoms with Crippen molar-refractivity contribution in [3.05, 3.63) is 59.7 Å². The fraction of sp³-hybridized carbons (Fsp3) is 0.300. The molecule has 1 aliphatic heterocycles. The number of nitrogens with zero attached hydrogens (tertiary/aromatic N) is 2. The quantitative estimate of drug-likeness (QED) is 0.822. The molecule has 1 heterocycles. The standard InChI is InChI=1S/C20H24N4O3/c1-23(2)17-8-6-15(7-9-17)13-21-19(25)22-14-16-4-3-5-18(12-16)24-10-11-27-20(24)26/h3-9,12H,10-11,13-14H2,1-2H3,(H2,21,22,25). The Bertz CT molecular complexity index is 805. The van der Waals surface area contributed by atoms with Crippen LogP contribution in [-0.4, -0.2) is 39.4 Å². The van der Waals surface area contributed by atoms with Crippen LogP contribution >= 0.6 is 0 Å². The Kier molecular flexibility index (Phi) is 5.80. The first kappa shape index (κ1) is 18.6. The summed E-state index contributed by atoms with van der Waals surface area (Å²) in [5, 5.41) is 5.68. The molecule has 142 valence electrons. The van der Waals surface area contributed by atoms with Gasteiger partial charge in [0.15, 0.2) is 0 Å². The van der Waals surface area contributed by atoms with Gasteiger partial charge in [-0.1, -0.05) is 24.3 Å². The predicted octanol–water partition coefficient (Wildman–Crippen LogP) is 2.71. The molecule has 0 radical (unpaired) electrons. The van der Waals surface area contributed by atoms with Crippen molar-refractivity contribution in [1.29, 1.82) is 0 Å². The van der Waals surface area contributed by atoms with E-state index in [1.54, 1.807) is 4.90 Å². The zero-order valence-corrected chi connectivity index (χ0v) is 15.6. The highest BCUT2D eigenvalue weighted by atomic mass is 16.6. The number of carbonyl (C=O) groups excluding carboxylic acids is 2. The first-order valence-electron chi connectivity index (χ1n) is 8.84. The van der Waals surface area contributed by atoms with Crippen LogP contribution in [0.1, 0.15) is 11.1 Å². The summed E-state index contributed by atoms with van der Waals surface area (Å²) in [7, 11) is 3.98. The van der Waals surface area contributed by atoms with E-state index < -0.39 is 0 Å². The van der Waals surface area contributed by atoms with Crippen LogP contribution in [0, 0.1) is 0 Å². The largest absolute Gasteiger partial charge is 0.447 e. The number of hydrogen-bond donors (Lipinski definition) is 2. The van der Waals surface area contributed by atoms with Crippen molar-refractivity contribution in [2.24, 2.45) is 0 Å². The first-order chi connectivity index (χ1) is 13.0. The average molecular weight is 368 g/mol. The Morgan fingerprint density at radius 2 is 1.78 bits per heavy atom. The van der Waals surface area contributed by atoms with Gasteiger partial charge in [-0.15, -0.1) is 0 Å². The fourth-order valence-corrected chi connectivity index (χ4v) is 2.80. The van der Waals surface area contributed by atoms with Crippen LogP contribution in [0.4, 0.5) is 21.0 Å². The minimum atomic E-state index is -0.335. The summed E-state index contributed by atoms with van der Waals surface area (Å²) < 4.78 is 4.96. The summed E-state index contributed by atoms with van der Waals surface area (Å²) in [4.78, 5) is 27.3. The zero-order chi connectivity index (χ0) is 19.2. The topological polar surface area (TPSA) is 73.9 Å². The van der Waals surface area contributed by atoms with Crippen LogP contribution in [0.2, 0.25) is 0 Å². The van der Waals surface area contributed by atoms with Crippen LogP contribution in [0.25, 0.3) is 0 Å². The van der Waals surface area contributed by atoms with Crippen molar-refractivity contribution in [2.45, 2.75) is 13.1 Å². The van der Waals surface area contributed by atoms with Gasteiger partial charge in [-0.25, -0.2) is 9.59 Å². The lowest BCUT2D eigenvalue weighted by atomic mass is 10.2. The van der Waals surface area contributed by atoms with Crippen LogP contribution < -0.4 is 20.4 Å². The molecule has 0 bridgehead atoms. The number of ether oxygens (including phenoxy) is 1. The van der Waals surface area contributed by atoms with Gasteiger partial charge in [0.2, 0.25) is 0 Å². The number of rotatable bonds is 6. The molecule has 0 saturated carbocycles. The van der Waals surface area contributed by atoms with E-state index in [-0.39, 0.29) is 12.1 Å². The SMILES string of the molecule is CN(C)c1ccc(CNC(=O)NCc2cccc(N3CCOC3=O)c2)cc1. The molecule has 1 aliphatic rings. The second-order valence-electron chi connectivity index (χ2n) is 6.53. The van der Waals surface area contributed by atoms with Gasteiger partial charge >= 0.3 is 12.1 Å². The summed E-state index contributed by atoms with van der Waals surface area (Å²) in [6, 6.07) is 15.3. The summed E-state index contributed by atoms with van der Waals surface area (Å²) in [6.45, 7) is 1.78. The van der Waals surface area contributed by atoms with E-state index >= 15 is 0 Å². The summed E-state index contributed by atoms with van der Waals surface area (Å²) in [6.07, 6.45) is -0.335. The number of benzene rings is 2. The Morgan fingerprint density at radius 3 is 2.41 bits per heavy atom. The van der Waals surface area contributed by atoms with E-state index in [1.165, 1.54) is 0 Å². The number of urea groups is 1. The van der Waals surface area contributed by atoms with Crippen LogP contribution in [0.3, 0.4) is 0 Å². The Balaban J connectivity index is 1.48. The summed E-state index contributed by atoms with van der Waals surface area (Å²) in [5.74, 6) is 0. The monoisotopic (exact) mass is 368 g/mol. The van der Waals surface area contributed by atoms with Gasteiger partial charge in [-0.05, 0) is 35.4 Å². The molecule has 1 fully saturated rings. The third-order valence-electron chi connectivity index (χ3n) is 4.34. The van der Waals surface area contributed by atoms with Crippen molar-refractivity contribution < 1.29 is 14.3 Å². The van der Waals surface area contributed by atoms with Gasteiger partial charge in [-0.3, -0.25) is 4.90 Å². The minimum Gasteiger partial charge on any atom is -0.447 e. The van der Waals surface area contributed by atoms with Gasteiger partial charge in [0.1, 0.15) is 6.61 Å². The van der Waals surface area contributed by atoms with Crippen LogP contribution in [0.5, 0.6) is 0 Å². The molecule has 0 unspecified atom stereocenters. The smallest absolute Gasteiger partial charge is 0.414 e. The molecular weight excluding hydrogens is 344 g/mol. The Hall–Kier alpha value is -3.22. The van der Waals surface area contributed by atoms with Crippen LogP contribution in [-0.2, 0) is 17.8 Å². The number of nitrogens with one attached hydrogen (secondary N) is 2. The molecule has 0 spiro atoms. The van der Waals surface area contributed by atoms with E-state index in [1.807, 2.05) is 67.5 Å². The lowest BCUT2D eigenvalue weighted by Gasteiger charge is -2.14. The molecular formula is C20H24N4O3. The molecule has 0 aromatic heterocycles. The van der Waals surface area contributed by atoms with Crippen molar-refractivity contribution in [3.63, 3.8) is 0 Å². The molecule has 0 atom stereocenters. The maximum absolute atomic E-state index is 12.0. The van der Waals surface area contributed by atoms with Gasteiger partial charge < -0.3 is 20.3 Å². The third kappa shape index (κ3) is 4.91. The number of anilines is 2. The molecule has 2 aromatic carbocycles. The number of amides is 3. The third-order valence-corrected chi connectivity index (χ3v) is 4.34.